The van der Waals surface area contributed by atoms with Crippen LogP contribution in [-0.2, 0) is 4.74 Å². The molecule has 1 aliphatic heterocycles. The molecule has 1 amide bonds. The number of benzene rings is 1. The minimum absolute atomic E-state index is 0.0173. The second-order valence-corrected chi connectivity index (χ2v) is 6.77. The fourth-order valence-electron chi connectivity index (χ4n) is 2.38. The lowest BCUT2D eigenvalue weighted by Gasteiger charge is -2.23. The molecule has 0 saturated carbocycles. The Morgan fingerprint density at radius 1 is 1.16 bits per heavy atom. The number of pyridine rings is 1. The number of hydrogen-bond acceptors (Lipinski definition) is 4. The maximum atomic E-state index is 12.4. The Bertz CT molecular complexity index is 780. The van der Waals surface area contributed by atoms with Gasteiger partial charge in [0.05, 0.1) is 29.5 Å². The first-order chi connectivity index (χ1) is 12.0. The molecule has 1 aromatic heterocycles. The van der Waals surface area contributed by atoms with Gasteiger partial charge in [0.2, 0.25) is 5.88 Å². The van der Waals surface area contributed by atoms with Gasteiger partial charge in [0, 0.05) is 24.1 Å². The van der Waals surface area contributed by atoms with Crippen molar-refractivity contribution >= 4 is 46.4 Å². The van der Waals surface area contributed by atoms with Crippen LogP contribution in [0.4, 0.5) is 5.69 Å². The van der Waals surface area contributed by atoms with Crippen LogP contribution in [0.15, 0.2) is 30.5 Å². The van der Waals surface area contributed by atoms with E-state index in [-0.39, 0.29) is 11.1 Å². The van der Waals surface area contributed by atoms with E-state index in [2.05, 4.69) is 10.3 Å². The van der Waals surface area contributed by atoms with Crippen molar-refractivity contribution < 1.29 is 14.3 Å². The highest BCUT2D eigenvalue weighted by atomic mass is 35.5. The van der Waals surface area contributed by atoms with Crippen LogP contribution in [0.2, 0.25) is 15.1 Å². The Labute approximate surface area is 160 Å². The highest BCUT2D eigenvalue weighted by Gasteiger charge is 2.19. The van der Waals surface area contributed by atoms with E-state index in [1.54, 1.807) is 18.2 Å². The van der Waals surface area contributed by atoms with Gasteiger partial charge in [-0.1, -0.05) is 34.8 Å². The molecule has 25 heavy (non-hydrogen) atoms. The van der Waals surface area contributed by atoms with Crippen LogP contribution in [0, 0.1) is 0 Å². The first-order valence-corrected chi connectivity index (χ1v) is 8.82. The summed E-state index contributed by atoms with van der Waals surface area (Å²) in [5.74, 6) is -0.0814. The van der Waals surface area contributed by atoms with Gasteiger partial charge in [-0.05, 0) is 24.3 Å². The Hall–Kier alpha value is -1.53. The van der Waals surface area contributed by atoms with Gasteiger partial charge >= 0.3 is 0 Å². The third kappa shape index (κ3) is 4.76. The number of rotatable bonds is 4. The number of carbonyl (C=O) groups excluding carboxylic acids is 1. The number of anilines is 1. The van der Waals surface area contributed by atoms with Crippen LogP contribution in [-0.4, -0.2) is 30.2 Å². The maximum Gasteiger partial charge on any atom is 0.257 e. The summed E-state index contributed by atoms with van der Waals surface area (Å²) in [5, 5.41) is 3.81. The normalized spacial score (nSPS) is 15.0. The Balaban J connectivity index is 1.71. The van der Waals surface area contributed by atoms with E-state index in [4.69, 9.17) is 44.3 Å². The predicted molar refractivity (Wildman–Crippen MR) is 98.1 cm³/mol. The van der Waals surface area contributed by atoms with Gasteiger partial charge in [0.25, 0.3) is 5.91 Å². The molecule has 0 bridgehead atoms. The van der Waals surface area contributed by atoms with Gasteiger partial charge in [0.15, 0.2) is 0 Å². The molecule has 1 N–H and O–H groups in total. The lowest BCUT2D eigenvalue weighted by molar-refractivity contribution is 0.0238. The Kier molecular flexibility index (Phi) is 6.02. The van der Waals surface area contributed by atoms with E-state index in [0.717, 1.165) is 12.8 Å². The highest BCUT2D eigenvalue weighted by molar-refractivity contribution is 6.36. The van der Waals surface area contributed by atoms with Crippen molar-refractivity contribution in [1.29, 1.82) is 0 Å². The van der Waals surface area contributed by atoms with E-state index in [0.29, 0.717) is 40.4 Å². The first-order valence-electron chi connectivity index (χ1n) is 7.69. The monoisotopic (exact) mass is 400 g/mol. The molecule has 132 valence electrons. The van der Waals surface area contributed by atoms with Gasteiger partial charge < -0.3 is 14.8 Å². The average Bonchev–Trinajstić information content (AvgIpc) is 2.61. The number of halogens is 3. The van der Waals surface area contributed by atoms with Gasteiger partial charge in [-0.2, -0.15) is 0 Å². The van der Waals surface area contributed by atoms with E-state index < -0.39 is 5.91 Å². The second kappa shape index (κ2) is 8.23. The first kappa shape index (κ1) is 18.3. The zero-order valence-corrected chi connectivity index (χ0v) is 15.4. The zero-order valence-electron chi connectivity index (χ0n) is 13.1. The molecule has 1 fully saturated rings. The van der Waals surface area contributed by atoms with Crippen molar-refractivity contribution in [2.24, 2.45) is 0 Å². The molecular formula is C17H15Cl3N2O3. The summed E-state index contributed by atoms with van der Waals surface area (Å²) in [6.45, 7) is 1.31. The molecule has 0 aliphatic carbocycles. The standard InChI is InChI=1S/C17H15Cl3N2O3/c18-11-1-2-13(19)15(8-11)22-16(23)10-7-14(20)17(21-9-10)25-12-3-5-24-6-4-12/h1-2,7-9,12H,3-6H2,(H,22,23). The minimum Gasteiger partial charge on any atom is -0.473 e. The molecule has 8 heteroatoms. The lowest BCUT2D eigenvalue weighted by atomic mass is 10.1. The topological polar surface area (TPSA) is 60.5 Å². The lowest BCUT2D eigenvalue weighted by Crippen LogP contribution is -2.26. The maximum absolute atomic E-state index is 12.4. The quantitative estimate of drug-likeness (QED) is 0.795. The fourth-order valence-corrected chi connectivity index (χ4v) is 2.92. The molecule has 2 aromatic rings. The summed E-state index contributed by atoms with van der Waals surface area (Å²) in [6.07, 6.45) is 3.00. The molecule has 2 heterocycles. The van der Waals surface area contributed by atoms with E-state index in [1.165, 1.54) is 12.3 Å². The summed E-state index contributed by atoms with van der Waals surface area (Å²) in [4.78, 5) is 16.5. The van der Waals surface area contributed by atoms with Crippen molar-refractivity contribution in [3.05, 3.63) is 51.1 Å². The zero-order chi connectivity index (χ0) is 17.8. The number of aromatic nitrogens is 1. The molecular weight excluding hydrogens is 387 g/mol. The molecule has 0 spiro atoms. The minimum atomic E-state index is -0.392. The molecule has 0 atom stereocenters. The third-order valence-corrected chi connectivity index (χ3v) is 4.53. The fraction of sp³-hybridized carbons (Fsp3) is 0.294. The van der Waals surface area contributed by atoms with Crippen LogP contribution >= 0.6 is 34.8 Å². The van der Waals surface area contributed by atoms with Crippen molar-refractivity contribution in [1.82, 2.24) is 4.98 Å². The number of carbonyl (C=O) groups is 1. The van der Waals surface area contributed by atoms with Crippen molar-refractivity contribution in [3.63, 3.8) is 0 Å². The molecule has 1 aromatic carbocycles. The SMILES string of the molecule is O=C(Nc1cc(Cl)ccc1Cl)c1cnc(OC2CCOCC2)c(Cl)c1. The van der Waals surface area contributed by atoms with Gasteiger partial charge in [0.1, 0.15) is 11.1 Å². The van der Waals surface area contributed by atoms with Crippen molar-refractivity contribution in [2.75, 3.05) is 18.5 Å². The largest absolute Gasteiger partial charge is 0.473 e. The van der Waals surface area contributed by atoms with Gasteiger partial charge in [-0.15, -0.1) is 0 Å². The number of ether oxygens (including phenoxy) is 2. The van der Waals surface area contributed by atoms with Crippen LogP contribution < -0.4 is 10.1 Å². The number of nitrogens with zero attached hydrogens (tertiary/aromatic N) is 1. The van der Waals surface area contributed by atoms with Gasteiger partial charge in [-0.3, -0.25) is 4.79 Å². The van der Waals surface area contributed by atoms with Crippen LogP contribution in [0.25, 0.3) is 0 Å². The van der Waals surface area contributed by atoms with Crippen LogP contribution in [0.3, 0.4) is 0 Å². The molecule has 3 rings (SSSR count). The van der Waals surface area contributed by atoms with E-state index in [1.807, 2.05) is 0 Å². The summed E-state index contributed by atoms with van der Waals surface area (Å²) in [6, 6.07) is 6.33. The molecule has 1 aliphatic rings. The number of amides is 1. The molecule has 0 radical (unpaired) electrons. The summed E-state index contributed by atoms with van der Waals surface area (Å²) < 4.78 is 11.1. The Morgan fingerprint density at radius 3 is 2.64 bits per heavy atom. The summed E-state index contributed by atoms with van der Waals surface area (Å²) >= 11 is 18.2. The predicted octanol–water partition coefficient (Wildman–Crippen LogP) is 4.85. The van der Waals surface area contributed by atoms with Gasteiger partial charge in [-0.25, -0.2) is 4.98 Å². The molecule has 5 nitrogen and oxygen atoms in total. The van der Waals surface area contributed by atoms with Crippen molar-refractivity contribution in [2.45, 2.75) is 18.9 Å². The smallest absolute Gasteiger partial charge is 0.257 e. The second-order valence-electron chi connectivity index (χ2n) is 5.52. The summed E-state index contributed by atoms with van der Waals surface area (Å²) in [5.41, 5.74) is 0.707. The molecule has 0 unspecified atom stereocenters. The van der Waals surface area contributed by atoms with Crippen LogP contribution in [0.1, 0.15) is 23.2 Å². The Morgan fingerprint density at radius 2 is 1.92 bits per heavy atom. The van der Waals surface area contributed by atoms with Crippen LogP contribution in [0.5, 0.6) is 5.88 Å². The summed E-state index contributed by atoms with van der Waals surface area (Å²) in [7, 11) is 0. The number of hydrogen-bond donors (Lipinski definition) is 1. The van der Waals surface area contributed by atoms with E-state index in [9.17, 15) is 4.79 Å². The third-order valence-electron chi connectivity index (χ3n) is 3.69. The number of nitrogens with one attached hydrogen (secondary N) is 1. The van der Waals surface area contributed by atoms with Crippen molar-refractivity contribution in [3.8, 4) is 5.88 Å². The molecule has 1 saturated heterocycles. The highest BCUT2D eigenvalue weighted by Crippen LogP contribution is 2.28. The van der Waals surface area contributed by atoms with E-state index >= 15 is 0 Å². The average molecular weight is 402 g/mol.